The molecule has 4 nitrogen and oxygen atoms in total. The third kappa shape index (κ3) is 1.63. The van der Waals surface area contributed by atoms with Crippen molar-refractivity contribution in [3.8, 4) is 17.0 Å². The van der Waals surface area contributed by atoms with Crippen LogP contribution in [-0.2, 0) is 0 Å². The summed E-state index contributed by atoms with van der Waals surface area (Å²) in [6.07, 6.45) is 0. The summed E-state index contributed by atoms with van der Waals surface area (Å²) < 4.78 is 18.0. The van der Waals surface area contributed by atoms with Gasteiger partial charge in [-0.05, 0) is 17.7 Å². The minimum absolute atomic E-state index is 0.324. The highest BCUT2D eigenvalue weighted by Crippen LogP contribution is 2.32. The van der Waals surface area contributed by atoms with E-state index >= 15 is 0 Å². The van der Waals surface area contributed by atoms with E-state index in [0.717, 1.165) is 0 Å². The van der Waals surface area contributed by atoms with Gasteiger partial charge in [0.2, 0.25) is 5.88 Å². The van der Waals surface area contributed by atoms with Gasteiger partial charge in [-0.25, -0.2) is 4.39 Å². The summed E-state index contributed by atoms with van der Waals surface area (Å²) in [5.41, 5.74) is 6.90. The lowest BCUT2D eigenvalue weighted by Crippen LogP contribution is -1.90. The van der Waals surface area contributed by atoms with Crippen LogP contribution in [0.15, 0.2) is 24.3 Å². The van der Waals surface area contributed by atoms with E-state index in [1.165, 1.54) is 19.2 Å². The number of H-pyrrole nitrogens is 1. The Morgan fingerprint density at radius 1 is 1.47 bits per heavy atom. The molecule has 0 saturated heterocycles. The number of rotatable bonds is 2. The molecule has 15 heavy (non-hydrogen) atoms. The van der Waals surface area contributed by atoms with Crippen LogP contribution in [0.3, 0.4) is 0 Å². The number of nitrogens with two attached hydrogens (primary N) is 1. The minimum atomic E-state index is -0.324. The predicted molar refractivity (Wildman–Crippen MR) is 54.9 cm³/mol. The van der Waals surface area contributed by atoms with Gasteiger partial charge in [0.15, 0.2) is 0 Å². The molecule has 3 N–H and O–H groups in total. The van der Waals surface area contributed by atoms with Gasteiger partial charge in [-0.15, -0.1) is 5.10 Å². The molecule has 0 atom stereocenters. The summed E-state index contributed by atoms with van der Waals surface area (Å²) in [4.78, 5) is 0. The van der Waals surface area contributed by atoms with Crippen LogP contribution in [0, 0.1) is 5.82 Å². The molecule has 0 aliphatic rings. The molecule has 0 bridgehead atoms. The van der Waals surface area contributed by atoms with Gasteiger partial charge in [0.25, 0.3) is 0 Å². The Hall–Kier alpha value is -2.04. The molecular weight excluding hydrogens is 197 g/mol. The molecule has 78 valence electrons. The largest absolute Gasteiger partial charge is 0.479 e. The zero-order chi connectivity index (χ0) is 10.8. The van der Waals surface area contributed by atoms with Crippen molar-refractivity contribution < 1.29 is 9.13 Å². The lowest BCUT2D eigenvalue weighted by atomic mass is 10.1. The van der Waals surface area contributed by atoms with Crippen LogP contribution in [0.5, 0.6) is 5.88 Å². The first-order valence-electron chi connectivity index (χ1n) is 4.36. The first kappa shape index (κ1) is 9.51. The smallest absolute Gasteiger partial charge is 0.242 e. The Labute approximate surface area is 85.9 Å². The molecule has 1 aromatic carbocycles. The summed E-state index contributed by atoms with van der Waals surface area (Å²) in [5.74, 6) is 0.394. The fraction of sp³-hybridized carbons (Fsp3) is 0.100. The van der Waals surface area contributed by atoms with Crippen molar-refractivity contribution in [1.82, 2.24) is 10.2 Å². The number of nitrogens with zero attached hydrogens (tertiary/aromatic N) is 1. The third-order valence-electron chi connectivity index (χ3n) is 2.07. The zero-order valence-electron chi connectivity index (χ0n) is 8.12. The highest BCUT2D eigenvalue weighted by molar-refractivity contribution is 5.78. The summed E-state index contributed by atoms with van der Waals surface area (Å²) in [6, 6.07) is 6.10. The SMILES string of the molecule is COc1n[nH]c(N)c1-c1cccc(F)c1. The second-order valence-electron chi connectivity index (χ2n) is 3.03. The molecule has 2 aromatic rings. The van der Waals surface area contributed by atoms with Crippen LogP contribution in [0.25, 0.3) is 11.1 Å². The van der Waals surface area contributed by atoms with Crippen LogP contribution in [0.1, 0.15) is 0 Å². The monoisotopic (exact) mass is 207 g/mol. The quantitative estimate of drug-likeness (QED) is 0.789. The lowest BCUT2D eigenvalue weighted by Gasteiger charge is -2.02. The maximum Gasteiger partial charge on any atom is 0.242 e. The fourth-order valence-electron chi connectivity index (χ4n) is 1.41. The van der Waals surface area contributed by atoms with Crippen molar-refractivity contribution in [2.24, 2.45) is 0 Å². The van der Waals surface area contributed by atoms with Crippen LogP contribution >= 0.6 is 0 Å². The molecule has 0 radical (unpaired) electrons. The first-order valence-corrected chi connectivity index (χ1v) is 4.36. The van der Waals surface area contributed by atoms with E-state index in [0.29, 0.717) is 22.8 Å². The van der Waals surface area contributed by atoms with Gasteiger partial charge in [-0.1, -0.05) is 12.1 Å². The van der Waals surface area contributed by atoms with Gasteiger partial charge in [0, 0.05) is 0 Å². The maximum absolute atomic E-state index is 13.0. The number of hydrogen-bond acceptors (Lipinski definition) is 3. The van der Waals surface area contributed by atoms with Crippen LogP contribution < -0.4 is 10.5 Å². The zero-order valence-corrected chi connectivity index (χ0v) is 8.12. The van der Waals surface area contributed by atoms with Crippen molar-refractivity contribution in [3.05, 3.63) is 30.1 Å². The van der Waals surface area contributed by atoms with Gasteiger partial charge in [-0.2, -0.15) is 0 Å². The van der Waals surface area contributed by atoms with E-state index < -0.39 is 0 Å². The van der Waals surface area contributed by atoms with Crippen molar-refractivity contribution in [3.63, 3.8) is 0 Å². The van der Waals surface area contributed by atoms with Gasteiger partial charge in [0.1, 0.15) is 11.6 Å². The Kier molecular flexibility index (Phi) is 2.29. The van der Waals surface area contributed by atoms with E-state index in [1.54, 1.807) is 12.1 Å². The average molecular weight is 207 g/mol. The fourth-order valence-corrected chi connectivity index (χ4v) is 1.41. The number of nitrogens with one attached hydrogen (secondary N) is 1. The molecule has 0 aliphatic heterocycles. The number of anilines is 1. The number of aromatic amines is 1. The normalized spacial score (nSPS) is 10.3. The molecular formula is C10H10FN3O. The Morgan fingerprint density at radius 3 is 2.93 bits per heavy atom. The Balaban J connectivity index is 2.57. The molecule has 0 amide bonds. The second-order valence-corrected chi connectivity index (χ2v) is 3.03. The number of ether oxygens (including phenoxy) is 1. The van der Waals surface area contributed by atoms with E-state index in [1.807, 2.05) is 0 Å². The van der Waals surface area contributed by atoms with E-state index in [-0.39, 0.29) is 5.82 Å². The molecule has 5 heteroatoms. The van der Waals surface area contributed by atoms with E-state index in [9.17, 15) is 4.39 Å². The summed E-state index contributed by atoms with van der Waals surface area (Å²) in [5, 5.41) is 6.43. The Morgan fingerprint density at radius 2 is 2.27 bits per heavy atom. The molecule has 0 unspecified atom stereocenters. The summed E-state index contributed by atoms with van der Waals surface area (Å²) in [6.45, 7) is 0. The summed E-state index contributed by atoms with van der Waals surface area (Å²) >= 11 is 0. The van der Waals surface area contributed by atoms with Crippen LogP contribution in [-0.4, -0.2) is 17.3 Å². The number of halogens is 1. The minimum Gasteiger partial charge on any atom is -0.479 e. The molecule has 1 aromatic heterocycles. The molecule has 0 fully saturated rings. The highest BCUT2D eigenvalue weighted by atomic mass is 19.1. The van der Waals surface area contributed by atoms with Gasteiger partial charge < -0.3 is 10.5 Å². The van der Waals surface area contributed by atoms with Crippen molar-refractivity contribution >= 4 is 5.82 Å². The highest BCUT2D eigenvalue weighted by Gasteiger charge is 2.13. The number of aromatic nitrogens is 2. The molecule has 0 saturated carbocycles. The molecule has 0 aliphatic carbocycles. The van der Waals surface area contributed by atoms with Crippen LogP contribution in [0.4, 0.5) is 10.2 Å². The van der Waals surface area contributed by atoms with Crippen molar-refractivity contribution in [2.75, 3.05) is 12.8 Å². The molecule has 2 rings (SSSR count). The van der Waals surface area contributed by atoms with Gasteiger partial charge in [-0.3, -0.25) is 5.10 Å². The van der Waals surface area contributed by atoms with Gasteiger partial charge in [0.05, 0.1) is 12.7 Å². The van der Waals surface area contributed by atoms with Crippen molar-refractivity contribution in [2.45, 2.75) is 0 Å². The Bertz CT molecular complexity index is 481. The number of benzene rings is 1. The summed E-state index contributed by atoms with van der Waals surface area (Å²) in [7, 11) is 1.48. The number of hydrogen-bond donors (Lipinski definition) is 2. The standard InChI is InChI=1S/C10H10FN3O/c1-15-10-8(9(12)13-14-10)6-3-2-4-7(11)5-6/h2-5H,1H3,(H3,12,13,14). The first-order chi connectivity index (χ1) is 7.22. The number of nitrogen functional groups attached to an aromatic ring is 1. The van der Waals surface area contributed by atoms with Crippen LogP contribution in [0.2, 0.25) is 0 Å². The van der Waals surface area contributed by atoms with Crippen molar-refractivity contribution in [1.29, 1.82) is 0 Å². The molecule has 0 spiro atoms. The second kappa shape index (κ2) is 3.61. The number of methoxy groups -OCH3 is 1. The topological polar surface area (TPSA) is 63.9 Å². The predicted octanol–water partition coefficient (Wildman–Crippen LogP) is 1.81. The third-order valence-corrected chi connectivity index (χ3v) is 2.07. The molecule has 1 heterocycles. The van der Waals surface area contributed by atoms with E-state index in [4.69, 9.17) is 10.5 Å². The van der Waals surface area contributed by atoms with E-state index in [2.05, 4.69) is 10.2 Å². The van der Waals surface area contributed by atoms with Gasteiger partial charge >= 0.3 is 0 Å². The average Bonchev–Trinajstić information content (AvgIpc) is 2.59. The lowest BCUT2D eigenvalue weighted by molar-refractivity contribution is 0.398. The maximum atomic E-state index is 13.0.